The number of nitrogens with zero attached hydrogens (tertiary/aromatic N) is 1. The van der Waals surface area contributed by atoms with E-state index >= 15 is 0 Å². The summed E-state index contributed by atoms with van der Waals surface area (Å²) in [6, 6.07) is 35.8. The highest BCUT2D eigenvalue weighted by Crippen LogP contribution is 2.53. The Morgan fingerprint density at radius 3 is 1.51 bits per heavy atom. The largest absolute Gasteiger partial charge is 0.395 e. The first-order valence-electron chi connectivity index (χ1n) is 17.4. The lowest BCUT2D eigenvalue weighted by Gasteiger charge is -2.30. The van der Waals surface area contributed by atoms with Crippen molar-refractivity contribution in [1.29, 1.82) is 0 Å². The topological polar surface area (TPSA) is 77.8 Å². The number of aliphatic hydroxyl groups excluding tert-OH is 2. The molecule has 0 saturated carbocycles. The normalized spacial score (nSPS) is 15.5. The highest BCUT2D eigenvalue weighted by Gasteiger charge is 2.38. The van der Waals surface area contributed by atoms with Crippen LogP contribution in [0.15, 0.2) is 128 Å². The predicted octanol–water partition coefficient (Wildman–Crippen LogP) is 9.43. The van der Waals surface area contributed by atoms with Crippen LogP contribution in [0.2, 0.25) is 0 Å². The lowest BCUT2D eigenvalue weighted by atomic mass is 9.80. The Labute approximate surface area is 300 Å². The molecule has 0 aromatic heterocycles. The molecule has 0 fully saturated rings. The molecule has 2 aliphatic rings. The fourth-order valence-corrected chi connectivity index (χ4v) is 8.24. The standard InChI is InChI=1S/C46H43NO4/c1-7-43(50)37(26-48)28-13-16-30(17-14-28)47(31-18-21-35-33-11-9-10-12-39(33)45(3,4)41(35)24-31)32-19-22-36-34-20-15-29(38(27-49)44(51)8-2)23-40(34)46(5,6)42(36)25-32/h7-25,37-38,48-49H,1-2,26-27H2,3-6H3. The molecule has 0 radical (unpaired) electrons. The average molecular weight is 674 g/mol. The van der Waals surface area contributed by atoms with E-state index in [1.807, 2.05) is 30.3 Å². The van der Waals surface area contributed by atoms with E-state index in [9.17, 15) is 19.8 Å². The molecule has 0 aliphatic heterocycles. The minimum atomic E-state index is -0.666. The molecule has 5 nitrogen and oxygen atoms in total. The zero-order chi connectivity index (χ0) is 36.2. The number of ketones is 2. The number of anilines is 3. The second-order valence-corrected chi connectivity index (χ2v) is 14.7. The average Bonchev–Trinajstić information content (AvgIpc) is 3.51. The summed E-state index contributed by atoms with van der Waals surface area (Å²) in [6.07, 6.45) is 2.54. The maximum absolute atomic E-state index is 12.6. The number of fused-ring (bicyclic) bond motifs is 6. The molecule has 2 aliphatic carbocycles. The first kappa shape index (κ1) is 34.1. The molecule has 256 valence electrons. The Morgan fingerprint density at radius 1 is 0.569 bits per heavy atom. The molecule has 2 unspecified atom stereocenters. The Kier molecular flexibility index (Phi) is 8.53. The summed E-state index contributed by atoms with van der Waals surface area (Å²) in [5.74, 6) is -1.73. The summed E-state index contributed by atoms with van der Waals surface area (Å²) >= 11 is 0. The molecule has 0 amide bonds. The number of hydrogen-bond donors (Lipinski definition) is 2. The first-order chi connectivity index (χ1) is 24.5. The number of hydrogen-bond acceptors (Lipinski definition) is 5. The van der Waals surface area contributed by atoms with E-state index in [4.69, 9.17) is 0 Å². The lowest BCUT2D eigenvalue weighted by molar-refractivity contribution is -0.117. The van der Waals surface area contributed by atoms with E-state index in [1.54, 1.807) is 0 Å². The van der Waals surface area contributed by atoms with Crippen LogP contribution in [-0.2, 0) is 20.4 Å². The van der Waals surface area contributed by atoms with Gasteiger partial charge in [-0.1, -0.05) is 108 Å². The number of carbonyl (C=O) groups excluding carboxylic acids is 2. The van der Waals surface area contributed by atoms with Crippen LogP contribution in [0.5, 0.6) is 0 Å². The van der Waals surface area contributed by atoms with Crippen molar-refractivity contribution in [1.82, 2.24) is 0 Å². The van der Waals surface area contributed by atoms with Crippen LogP contribution in [0.4, 0.5) is 17.1 Å². The zero-order valence-electron chi connectivity index (χ0n) is 29.6. The number of carbonyl (C=O) groups is 2. The van der Waals surface area contributed by atoms with Gasteiger partial charge in [0.05, 0.1) is 25.0 Å². The van der Waals surface area contributed by atoms with Crippen LogP contribution in [0.1, 0.15) is 72.9 Å². The van der Waals surface area contributed by atoms with Gasteiger partial charge in [-0.05, 0) is 104 Å². The Bertz CT molecular complexity index is 2230. The van der Waals surface area contributed by atoms with Gasteiger partial charge in [-0.3, -0.25) is 9.59 Å². The van der Waals surface area contributed by atoms with Crippen molar-refractivity contribution in [3.05, 3.63) is 162 Å². The smallest absolute Gasteiger partial charge is 0.164 e. The van der Waals surface area contributed by atoms with Gasteiger partial charge in [0.1, 0.15) is 0 Å². The molecule has 7 rings (SSSR count). The van der Waals surface area contributed by atoms with Crippen molar-refractivity contribution >= 4 is 28.6 Å². The van der Waals surface area contributed by atoms with E-state index in [1.165, 1.54) is 34.4 Å². The molecule has 2 atom stereocenters. The molecule has 0 saturated heterocycles. The first-order valence-corrected chi connectivity index (χ1v) is 17.4. The second-order valence-electron chi connectivity index (χ2n) is 14.7. The van der Waals surface area contributed by atoms with Crippen molar-refractivity contribution in [2.45, 2.75) is 50.4 Å². The number of aliphatic hydroxyl groups is 2. The maximum Gasteiger partial charge on any atom is 0.164 e. The van der Waals surface area contributed by atoms with Crippen molar-refractivity contribution < 1.29 is 19.8 Å². The van der Waals surface area contributed by atoms with Gasteiger partial charge in [0.25, 0.3) is 0 Å². The van der Waals surface area contributed by atoms with Crippen LogP contribution in [0.3, 0.4) is 0 Å². The van der Waals surface area contributed by atoms with Gasteiger partial charge >= 0.3 is 0 Å². The number of allylic oxidation sites excluding steroid dienone is 2. The fourth-order valence-electron chi connectivity index (χ4n) is 8.24. The monoisotopic (exact) mass is 673 g/mol. The third kappa shape index (κ3) is 5.40. The number of rotatable bonds is 11. The molecule has 2 N–H and O–H groups in total. The number of benzene rings is 5. The van der Waals surface area contributed by atoms with Crippen molar-refractivity contribution in [2.24, 2.45) is 0 Å². The van der Waals surface area contributed by atoms with Crippen molar-refractivity contribution in [3.63, 3.8) is 0 Å². The van der Waals surface area contributed by atoms with Crippen LogP contribution in [-0.4, -0.2) is 35.0 Å². The van der Waals surface area contributed by atoms with E-state index in [0.29, 0.717) is 0 Å². The van der Waals surface area contributed by atoms with E-state index in [0.717, 1.165) is 50.4 Å². The Balaban J connectivity index is 1.36. The van der Waals surface area contributed by atoms with Crippen LogP contribution in [0.25, 0.3) is 22.3 Å². The molecule has 0 bridgehead atoms. The van der Waals surface area contributed by atoms with Crippen LogP contribution in [0, 0.1) is 0 Å². The summed E-state index contributed by atoms with van der Waals surface area (Å²) in [6.45, 7) is 15.6. The summed E-state index contributed by atoms with van der Waals surface area (Å²) in [7, 11) is 0. The van der Waals surface area contributed by atoms with Crippen LogP contribution < -0.4 is 4.90 Å². The summed E-state index contributed by atoms with van der Waals surface area (Å²) in [4.78, 5) is 27.4. The minimum absolute atomic E-state index is 0.185. The SMILES string of the molecule is C=CC(=O)C(CO)c1ccc(N(c2ccc3c(c2)C(C)(C)c2ccccc2-3)c2ccc3c(c2)C(C)(C)c2cc(C(CO)C(=O)C=C)ccc2-3)cc1. The molecule has 5 aromatic carbocycles. The molecular weight excluding hydrogens is 631 g/mol. The summed E-state index contributed by atoms with van der Waals surface area (Å²) < 4.78 is 0. The van der Waals surface area contributed by atoms with Gasteiger partial charge in [0, 0.05) is 27.9 Å². The van der Waals surface area contributed by atoms with Gasteiger partial charge in [-0.25, -0.2) is 0 Å². The molecule has 5 heteroatoms. The van der Waals surface area contributed by atoms with E-state index < -0.39 is 11.8 Å². The third-order valence-electron chi connectivity index (χ3n) is 11.2. The molecule has 0 heterocycles. The van der Waals surface area contributed by atoms with Gasteiger partial charge < -0.3 is 15.1 Å². The maximum atomic E-state index is 12.6. The van der Waals surface area contributed by atoms with Gasteiger partial charge in [-0.2, -0.15) is 0 Å². The summed E-state index contributed by atoms with van der Waals surface area (Å²) in [5.41, 5.74) is 13.4. The second kappa shape index (κ2) is 12.8. The van der Waals surface area contributed by atoms with Crippen LogP contribution >= 0.6 is 0 Å². The minimum Gasteiger partial charge on any atom is -0.395 e. The van der Waals surface area contributed by atoms with E-state index in [-0.39, 0.29) is 35.6 Å². The molecular formula is C46H43NO4. The molecule has 0 spiro atoms. The zero-order valence-corrected chi connectivity index (χ0v) is 29.6. The van der Waals surface area contributed by atoms with Gasteiger partial charge in [0.15, 0.2) is 11.6 Å². The van der Waals surface area contributed by atoms with Crippen molar-refractivity contribution in [3.8, 4) is 22.3 Å². The Hall–Kier alpha value is -5.36. The Morgan fingerprint density at radius 2 is 0.980 bits per heavy atom. The fraction of sp³-hybridized carbons (Fsp3) is 0.217. The van der Waals surface area contributed by atoms with Gasteiger partial charge in [0.2, 0.25) is 0 Å². The molecule has 5 aromatic rings. The highest BCUT2D eigenvalue weighted by atomic mass is 16.3. The lowest BCUT2D eigenvalue weighted by Crippen LogP contribution is -2.19. The predicted molar refractivity (Wildman–Crippen MR) is 206 cm³/mol. The van der Waals surface area contributed by atoms with Crippen molar-refractivity contribution in [2.75, 3.05) is 18.1 Å². The van der Waals surface area contributed by atoms with Gasteiger partial charge in [-0.15, -0.1) is 0 Å². The summed E-state index contributed by atoms with van der Waals surface area (Å²) in [5, 5.41) is 20.1. The molecule has 51 heavy (non-hydrogen) atoms. The van der Waals surface area contributed by atoms with E-state index in [2.05, 4.69) is 119 Å². The quantitative estimate of drug-likeness (QED) is 0.137. The third-order valence-corrected chi connectivity index (χ3v) is 11.2. The highest BCUT2D eigenvalue weighted by molar-refractivity contribution is 5.96.